The molecule has 4 aromatic carbocycles. The standard InChI is InChI=1S/C37H44NO2P/c1-3-4-5-15-27-37(2,40)30-31-23-25-32(26-24-31)36(39)38-28-16-29-41(33-17-9-6-10-18-33,34-19-11-7-12-20-34)35-21-13-8-14-22-35/h6-14,17-26,40H,3-5,15-16,27-30H2,1-2H3/p+1. The molecule has 0 saturated heterocycles. The Kier molecular flexibility index (Phi) is 11.3. The van der Waals surface area contributed by atoms with Crippen molar-refractivity contribution in [1.82, 2.24) is 5.32 Å². The minimum atomic E-state index is -1.90. The molecule has 0 radical (unpaired) electrons. The molecule has 1 unspecified atom stereocenters. The van der Waals surface area contributed by atoms with E-state index in [0.717, 1.165) is 37.4 Å². The summed E-state index contributed by atoms with van der Waals surface area (Å²) in [5.74, 6) is -0.0501. The van der Waals surface area contributed by atoms with E-state index in [9.17, 15) is 9.90 Å². The first kappa shape index (κ1) is 30.7. The van der Waals surface area contributed by atoms with Crippen LogP contribution in [0.1, 0.15) is 68.3 Å². The Morgan fingerprint density at radius 2 is 1.22 bits per heavy atom. The zero-order valence-electron chi connectivity index (χ0n) is 24.6. The van der Waals surface area contributed by atoms with Crippen LogP contribution in [0.15, 0.2) is 115 Å². The van der Waals surface area contributed by atoms with E-state index in [4.69, 9.17) is 0 Å². The normalized spacial score (nSPS) is 13.0. The largest absolute Gasteiger partial charge is 0.390 e. The maximum atomic E-state index is 13.0. The molecule has 1 amide bonds. The van der Waals surface area contributed by atoms with E-state index < -0.39 is 12.9 Å². The number of aliphatic hydroxyl groups is 1. The van der Waals surface area contributed by atoms with E-state index in [2.05, 4.69) is 103 Å². The number of nitrogens with one attached hydrogen (secondary N) is 1. The van der Waals surface area contributed by atoms with Crippen LogP contribution in [0.25, 0.3) is 0 Å². The van der Waals surface area contributed by atoms with E-state index in [1.165, 1.54) is 28.8 Å². The van der Waals surface area contributed by atoms with Crippen molar-refractivity contribution < 1.29 is 9.90 Å². The molecule has 0 aliphatic carbocycles. The minimum absolute atomic E-state index is 0.0501. The van der Waals surface area contributed by atoms with Crippen molar-refractivity contribution in [3.63, 3.8) is 0 Å². The summed E-state index contributed by atoms with van der Waals surface area (Å²) < 4.78 is 0. The third-order valence-corrected chi connectivity index (χ3v) is 12.4. The van der Waals surface area contributed by atoms with Gasteiger partial charge in [0.2, 0.25) is 0 Å². The van der Waals surface area contributed by atoms with Crippen molar-refractivity contribution in [3.8, 4) is 0 Å². The molecule has 4 aromatic rings. The second-order valence-corrected chi connectivity index (χ2v) is 14.9. The van der Waals surface area contributed by atoms with Crippen LogP contribution >= 0.6 is 7.26 Å². The molecule has 0 heterocycles. The average molecular weight is 567 g/mol. The van der Waals surface area contributed by atoms with Gasteiger partial charge in [-0.15, -0.1) is 0 Å². The lowest BCUT2D eigenvalue weighted by molar-refractivity contribution is 0.0485. The smallest absolute Gasteiger partial charge is 0.251 e. The predicted molar refractivity (Wildman–Crippen MR) is 176 cm³/mol. The second-order valence-electron chi connectivity index (χ2n) is 11.3. The van der Waals surface area contributed by atoms with Gasteiger partial charge in [-0.2, -0.15) is 0 Å². The van der Waals surface area contributed by atoms with Crippen molar-refractivity contribution in [3.05, 3.63) is 126 Å². The summed E-state index contributed by atoms with van der Waals surface area (Å²) in [5, 5.41) is 18.1. The molecule has 4 heteroatoms. The minimum Gasteiger partial charge on any atom is -0.390 e. The van der Waals surface area contributed by atoms with Gasteiger partial charge in [0.1, 0.15) is 23.2 Å². The van der Waals surface area contributed by atoms with Crippen LogP contribution in [-0.2, 0) is 6.42 Å². The summed E-state index contributed by atoms with van der Waals surface area (Å²) >= 11 is 0. The first-order valence-electron chi connectivity index (χ1n) is 15.1. The zero-order valence-corrected chi connectivity index (χ0v) is 25.5. The highest BCUT2D eigenvalue weighted by Gasteiger charge is 2.44. The fraction of sp³-hybridized carbons (Fsp3) is 0.324. The Labute approximate surface area is 247 Å². The van der Waals surface area contributed by atoms with Gasteiger partial charge in [-0.1, -0.05) is 99.3 Å². The summed E-state index contributed by atoms with van der Waals surface area (Å²) in [6.07, 6.45) is 7.86. The molecular formula is C37H45NO2P+. The first-order chi connectivity index (χ1) is 19.9. The van der Waals surface area contributed by atoms with E-state index in [1.54, 1.807) is 0 Å². The molecule has 0 spiro atoms. The van der Waals surface area contributed by atoms with Crippen molar-refractivity contribution in [1.29, 1.82) is 0 Å². The summed E-state index contributed by atoms with van der Waals surface area (Å²) in [5.41, 5.74) is 1.00. The van der Waals surface area contributed by atoms with Gasteiger partial charge in [-0.05, 0) is 73.9 Å². The fourth-order valence-electron chi connectivity index (χ4n) is 5.74. The quantitative estimate of drug-likeness (QED) is 0.120. The number of amides is 1. The van der Waals surface area contributed by atoms with Crippen molar-refractivity contribution in [2.75, 3.05) is 12.7 Å². The van der Waals surface area contributed by atoms with Crippen LogP contribution in [0.2, 0.25) is 0 Å². The van der Waals surface area contributed by atoms with E-state index in [0.29, 0.717) is 18.5 Å². The average Bonchev–Trinajstić information content (AvgIpc) is 3.01. The van der Waals surface area contributed by atoms with Crippen molar-refractivity contribution >= 4 is 29.1 Å². The lowest BCUT2D eigenvalue weighted by Crippen LogP contribution is -2.34. The molecule has 0 aliphatic rings. The van der Waals surface area contributed by atoms with Crippen molar-refractivity contribution in [2.24, 2.45) is 0 Å². The first-order valence-corrected chi connectivity index (χ1v) is 17.1. The van der Waals surface area contributed by atoms with Gasteiger partial charge in [0.15, 0.2) is 0 Å². The summed E-state index contributed by atoms with van der Waals surface area (Å²) in [4.78, 5) is 13.0. The molecule has 3 nitrogen and oxygen atoms in total. The number of rotatable bonds is 15. The van der Waals surface area contributed by atoms with Gasteiger partial charge in [-0.3, -0.25) is 4.79 Å². The maximum absolute atomic E-state index is 13.0. The van der Waals surface area contributed by atoms with Crippen LogP contribution in [0.4, 0.5) is 0 Å². The molecule has 214 valence electrons. The van der Waals surface area contributed by atoms with Gasteiger partial charge in [-0.25, -0.2) is 0 Å². The van der Waals surface area contributed by atoms with Crippen LogP contribution in [0.5, 0.6) is 0 Å². The predicted octanol–water partition coefficient (Wildman–Crippen LogP) is 7.06. The van der Waals surface area contributed by atoms with Crippen LogP contribution < -0.4 is 21.2 Å². The Hall–Kier alpha value is -3.26. The molecule has 0 aliphatic heterocycles. The molecule has 0 aromatic heterocycles. The van der Waals surface area contributed by atoms with Gasteiger partial charge in [0, 0.05) is 18.5 Å². The maximum Gasteiger partial charge on any atom is 0.251 e. The molecule has 4 rings (SSSR count). The van der Waals surface area contributed by atoms with Gasteiger partial charge >= 0.3 is 0 Å². The Morgan fingerprint density at radius 1 is 0.707 bits per heavy atom. The molecule has 0 saturated carbocycles. The third-order valence-electron chi connectivity index (χ3n) is 7.92. The Morgan fingerprint density at radius 3 is 1.71 bits per heavy atom. The second kappa shape index (κ2) is 15.1. The summed E-state index contributed by atoms with van der Waals surface area (Å²) in [6.45, 7) is 4.73. The SMILES string of the molecule is CCCCCCC(C)(O)Cc1ccc(C(=O)NCCC[P+](c2ccccc2)(c2ccccc2)c2ccccc2)cc1. The van der Waals surface area contributed by atoms with Gasteiger partial charge in [0.05, 0.1) is 11.8 Å². The van der Waals surface area contributed by atoms with Crippen molar-refractivity contribution in [2.45, 2.75) is 64.4 Å². The molecular weight excluding hydrogens is 521 g/mol. The molecule has 1 atom stereocenters. The highest BCUT2D eigenvalue weighted by Crippen LogP contribution is 2.55. The fourth-order valence-corrected chi connectivity index (χ4v) is 10.1. The van der Waals surface area contributed by atoms with Crippen LogP contribution in [0, 0.1) is 0 Å². The number of benzene rings is 4. The van der Waals surface area contributed by atoms with E-state index in [-0.39, 0.29) is 5.91 Å². The lowest BCUT2D eigenvalue weighted by atomic mass is 9.90. The molecule has 0 bridgehead atoms. The zero-order chi connectivity index (χ0) is 29.0. The monoisotopic (exact) mass is 566 g/mol. The summed E-state index contributed by atoms with van der Waals surface area (Å²) in [6, 6.07) is 40.3. The Balaban J connectivity index is 1.41. The van der Waals surface area contributed by atoms with Gasteiger partial charge < -0.3 is 10.4 Å². The molecule has 41 heavy (non-hydrogen) atoms. The number of carbonyl (C=O) groups excluding carboxylic acids is 1. The third kappa shape index (κ3) is 8.38. The highest BCUT2D eigenvalue weighted by atomic mass is 31.2. The molecule has 2 N–H and O–H groups in total. The Bertz CT molecular complexity index is 1230. The number of hydrogen-bond acceptors (Lipinski definition) is 2. The van der Waals surface area contributed by atoms with Gasteiger partial charge in [0.25, 0.3) is 5.91 Å². The molecule has 0 fully saturated rings. The number of unbranched alkanes of at least 4 members (excludes halogenated alkanes) is 3. The van der Waals surface area contributed by atoms with E-state index >= 15 is 0 Å². The number of hydrogen-bond donors (Lipinski definition) is 2. The summed E-state index contributed by atoms with van der Waals surface area (Å²) in [7, 11) is -1.90. The van der Waals surface area contributed by atoms with Crippen LogP contribution in [-0.4, -0.2) is 29.3 Å². The lowest BCUT2D eigenvalue weighted by Gasteiger charge is -2.27. The topological polar surface area (TPSA) is 49.3 Å². The highest BCUT2D eigenvalue weighted by molar-refractivity contribution is 7.95. The van der Waals surface area contributed by atoms with E-state index in [1.807, 2.05) is 31.2 Å². The van der Waals surface area contributed by atoms with Crippen LogP contribution in [0.3, 0.4) is 0 Å². The number of carbonyl (C=O) groups is 1.